The molecule has 0 aromatic heterocycles. The molecule has 2 aromatic rings. The minimum atomic E-state index is -0.950. The molecule has 0 atom stereocenters. The Morgan fingerprint density at radius 3 is 1.46 bits per heavy atom. The van der Waals surface area contributed by atoms with Crippen LogP contribution in [0.15, 0.2) is 36.4 Å². The van der Waals surface area contributed by atoms with E-state index in [2.05, 4.69) is 0 Å². The average Bonchev–Trinajstić information content (AvgIpc) is 2.55. The first-order valence-electron chi connectivity index (χ1n) is 7.18. The zero-order valence-electron chi connectivity index (χ0n) is 13.4. The van der Waals surface area contributed by atoms with Gasteiger partial charge in [0.1, 0.15) is 0 Å². The van der Waals surface area contributed by atoms with Crippen molar-refractivity contribution in [1.29, 1.82) is 0 Å². The lowest BCUT2D eigenvalue weighted by atomic mass is 9.94. The van der Waals surface area contributed by atoms with Gasteiger partial charge >= 0.3 is 11.9 Å². The highest BCUT2D eigenvalue weighted by Crippen LogP contribution is 2.32. The molecular weight excluding hydrogens is 344 g/mol. The number of aromatic carboxylic acids is 2. The summed E-state index contributed by atoms with van der Waals surface area (Å²) in [5.74, 6) is -0.518. The fraction of sp³-hybridized carbons (Fsp3) is 0.222. The molecule has 0 aliphatic carbocycles. The lowest BCUT2D eigenvalue weighted by Gasteiger charge is -2.15. The molecule has 0 fully saturated rings. The summed E-state index contributed by atoms with van der Waals surface area (Å²) in [6.07, 6.45) is 3.93. The van der Waals surface area contributed by atoms with Crippen LogP contribution in [0.1, 0.15) is 31.8 Å². The van der Waals surface area contributed by atoms with Gasteiger partial charge in [-0.3, -0.25) is 0 Å². The topological polar surface area (TPSA) is 74.6 Å². The van der Waals surface area contributed by atoms with Crippen molar-refractivity contribution in [2.75, 3.05) is 12.5 Å². The van der Waals surface area contributed by atoms with E-state index in [1.165, 1.54) is 0 Å². The Bertz CT molecular complexity index is 706. The van der Waals surface area contributed by atoms with Crippen molar-refractivity contribution in [3.63, 3.8) is 0 Å². The van der Waals surface area contributed by atoms with Crippen LogP contribution in [0.4, 0.5) is 0 Å². The highest BCUT2D eigenvalue weighted by atomic mass is 32.2. The smallest absolute Gasteiger partial charge is 0.335 e. The van der Waals surface area contributed by atoms with E-state index in [1.807, 2.05) is 24.6 Å². The highest BCUT2D eigenvalue weighted by molar-refractivity contribution is 7.98. The average molecular weight is 362 g/mol. The molecule has 0 aliphatic rings. The van der Waals surface area contributed by atoms with Crippen molar-refractivity contribution < 1.29 is 19.8 Å². The van der Waals surface area contributed by atoms with Crippen LogP contribution in [0.3, 0.4) is 0 Å². The molecule has 0 saturated carbocycles. The lowest BCUT2D eigenvalue weighted by molar-refractivity contribution is 0.0686. The van der Waals surface area contributed by atoms with Gasteiger partial charge in [0, 0.05) is 11.5 Å². The fourth-order valence-corrected chi connectivity index (χ4v) is 3.63. The van der Waals surface area contributed by atoms with Crippen LogP contribution in [0.5, 0.6) is 0 Å². The number of carboxylic acid groups (broad SMARTS) is 2. The number of carbonyl (C=O) groups is 2. The van der Waals surface area contributed by atoms with Crippen molar-refractivity contribution in [3.05, 3.63) is 58.7 Å². The van der Waals surface area contributed by atoms with E-state index < -0.39 is 11.9 Å². The van der Waals surface area contributed by atoms with Gasteiger partial charge < -0.3 is 10.2 Å². The van der Waals surface area contributed by atoms with Crippen LogP contribution < -0.4 is 0 Å². The number of carboxylic acids is 2. The van der Waals surface area contributed by atoms with Crippen LogP contribution in [-0.2, 0) is 11.5 Å². The maximum atomic E-state index is 11.2. The summed E-state index contributed by atoms with van der Waals surface area (Å²) in [4.78, 5) is 22.4. The summed E-state index contributed by atoms with van der Waals surface area (Å²) < 4.78 is 0. The molecule has 2 rings (SSSR count). The molecule has 126 valence electrons. The highest BCUT2D eigenvalue weighted by Gasteiger charge is 2.14. The molecule has 2 aromatic carbocycles. The standard InChI is InChI=1S/C18H18O4S2/c1-23-9-13-7-11(17(19)20)3-5-15(13)16-6-4-12(18(21)22)8-14(16)10-24-2/h3-8H,9-10H2,1-2H3,(H,19,20)(H,21,22). The van der Waals surface area contributed by atoms with E-state index in [0.717, 1.165) is 22.3 Å². The summed E-state index contributed by atoms with van der Waals surface area (Å²) >= 11 is 3.24. The van der Waals surface area contributed by atoms with E-state index in [1.54, 1.807) is 47.8 Å². The largest absolute Gasteiger partial charge is 0.478 e. The van der Waals surface area contributed by atoms with Gasteiger partial charge in [-0.1, -0.05) is 12.1 Å². The second kappa shape index (κ2) is 8.26. The first-order chi connectivity index (χ1) is 11.5. The van der Waals surface area contributed by atoms with Crippen LogP contribution >= 0.6 is 23.5 Å². The normalized spacial score (nSPS) is 10.6. The molecule has 0 radical (unpaired) electrons. The summed E-state index contributed by atoms with van der Waals surface area (Å²) in [7, 11) is 0. The van der Waals surface area contributed by atoms with Crippen molar-refractivity contribution >= 4 is 35.5 Å². The third-order valence-electron chi connectivity index (χ3n) is 3.59. The fourth-order valence-electron chi connectivity index (χ4n) is 2.53. The lowest BCUT2D eigenvalue weighted by Crippen LogP contribution is -2.02. The molecule has 2 N–H and O–H groups in total. The molecule has 0 heterocycles. The third kappa shape index (κ3) is 4.13. The molecule has 6 heteroatoms. The molecule has 0 amide bonds. The second-order valence-electron chi connectivity index (χ2n) is 5.22. The molecular formula is C18H18O4S2. The zero-order valence-corrected chi connectivity index (χ0v) is 15.0. The predicted octanol–water partition coefficient (Wildman–Crippen LogP) is 4.48. The van der Waals surface area contributed by atoms with Crippen molar-refractivity contribution in [1.82, 2.24) is 0 Å². The van der Waals surface area contributed by atoms with Crippen LogP contribution in [-0.4, -0.2) is 34.7 Å². The first kappa shape index (κ1) is 18.4. The van der Waals surface area contributed by atoms with Gasteiger partial charge in [0.25, 0.3) is 0 Å². The van der Waals surface area contributed by atoms with E-state index in [0.29, 0.717) is 11.5 Å². The minimum absolute atomic E-state index is 0.261. The van der Waals surface area contributed by atoms with Gasteiger partial charge in [0.2, 0.25) is 0 Å². The Hall–Kier alpha value is -1.92. The summed E-state index contributed by atoms with van der Waals surface area (Å²) in [5, 5.41) is 18.4. The molecule has 24 heavy (non-hydrogen) atoms. The van der Waals surface area contributed by atoms with Crippen molar-refractivity contribution in [3.8, 4) is 11.1 Å². The summed E-state index contributed by atoms with van der Waals surface area (Å²) in [5.41, 5.74) is 4.30. The third-order valence-corrected chi connectivity index (χ3v) is 4.79. The molecule has 0 spiro atoms. The monoisotopic (exact) mass is 362 g/mol. The van der Waals surface area contributed by atoms with Crippen molar-refractivity contribution in [2.45, 2.75) is 11.5 Å². The number of hydrogen-bond donors (Lipinski definition) is 2. The second-order valence-corrected chi connectivity index (χ2v) is 6.95. The van der Waals surface area contributed by atoms with Gasteiger partial charge in [0.15, 0.2) is 0 Å². The maximum Gasteiger partial charge on any atom is 0.335 e. The predicted molar refractivity (Wildman–Crippen MR) is 100 cm³/mol. The molecule has 0 saturated heterocycles. The van der Waals surface area contributed by atoms with Crippen LogP contribution in [0.2, 0.25) is 0 Å². The summed E-state index contributed by atoms with van der Waals surface area (Å²) in [6, 6.07) is 10.2. The van der Waals surface area contributed by atoms with Gasteiger partial charge in [-0.25, -0.2) is 9.59 Å². The Labute approximate surface area is 149 Å². The van der Waals surface area contributed by atoms with Gasteiger partial charge in [0.05, 0.1) is 11.1 Å². The van der Waals surface area contributed by atoms with E-state index >= 15 is 0 Å². The minimum Gasteiger partial charge on any atom is -0.478 e. The molecule has 0 unspecified atom stereocenters. The van der Waals surface area contributed by atoms with E-state index in [-0.39, 0.29) is 11.1 Å². The van der Waals surface area contributed by atoms with Gasteiger partial charge in [-0.05, 0) is 59.0 Å². The number of hydrogen-bond acceptors (Lipinski definition) is 4. The number of benzene rings is 2. The number of rotatable bonds is 7. The van der Waals surface area contributed by atoms with Crippen LogP contribution in [0.25, 0.3) is 11.1 Å². The summed E-state index contributed by atoms with van der Waals surface area (Å²) in [6.45, 7) is 0. The van der Waals surface area contributed by atoms with Crippen LogP contribution in [0, 0.1) is 0 Å². The quantitative estimate of drug-likeness (QED) is 0.757. The Balaban J connectivity index is 2.61. The maximum absolute atomic E-state index is 11.2. The molecule has 0 bridgehead atoms. The molecule has 4 nitrogen and oxygen atoms in total. The van der Waals surface area contributed by atoms with E-state index in [9.17, 15) is 19.8 Å². The zero-order chi connectivity index (χ0) is 17.7. The Morgan fingerprint density at radius 1 is 0.792 bits per heavy atom. The van der Waals surface area contributed by atoms with E-state index in [4.69, 9.17) is 0 Å². The molecule has 0 aliphatic heterocycles. The number of thioether (sulfide) groups is 2. The van der Waals surface area contributed by atoms with Crippen molar-refractivity contribution in [2.24, 2.45) is 0 Å². The van der Waals surface area contributed by atoms with Gasteiger partial charge in [-0.15, -0.1) is 0 Å². The Kier molecular flexibility index (Phi) is 6.34. The first-order valence-corrected chi connectivity index (χ1v) is 9.97. The SMILES string of the molecule is CSCc1cc(C(=O)O)ccc1-c1ccc(C(=O)O)cc1CSC. The Morgan fingerprint density at radius 2 is 1.17 bits per heavy atom. The van der Waals surface area contributed by atoms with Gasteiger partial charge in [-0.2, -0.15) is 23.5 Å².